The van der Waals surface area contributed by atoms with Crippen LogP contribution in [-0.2, 0) is 15.1 Å². The maximum Gasteiger partial charge on any atom is 0.340 e. The van der Waals surface area contributed by atoms with Crippen molar-refractivity contribution < 1.29 is 19.1 Å². The van der Waals surface area contributed by atoms with E-state index in [2.05, 4.69) is 4.98 Å². The fourth-order valence-corrected chi connectivity index (χ4v) is 3.69. The van der Waals surface area contributed by atoms with E-state index in [1.54, 1.807) is 38.2 Å². The first kappa shape index (κ1) is 19.8. The number of carbonyl (C=O) groups is 2. The summed E-state index contributed by atoms with van der Waals surface area (Å²) in [6, 6.07) is 16.5. The summed E-state index contributed by atoms with van der Waals surface area (Å²) in [6.07, 6.45) is 1.50. The number of hydrogen-bond donors (Lipinski definition) is 0. The Morgan fingerprint density at radius 2 is 1.70 bits per heavy atom. The van der Waals surface area contributed by atoms with Crippen molar-refractivity contribution in [2.75, 3.05) is 0 Å². The lowest BCUT2D eigenvalue weighted by atomic mass is 9.81. The molecule has 2 heterocycles. The van der Waals surface area contributed by atoms with E-state index in [1.165, 1.54) is 0 Å². The summed E-state index contributed by atoms with van der Waals surface area (Å²) < 4.78 is 11.4. The van der Waals surface area contributed by atoms with Gasteiger partial charge in [0.15, 0.2) is 0 Å². The van der Waals surface area contributed by atoms with Crippen LogP contribution in [-0.4, -0.2) is 23.0 Å². The Morgan fingerprint density at radius 1 is 1.00 bits per heavy atom. The van der Waals surface area contributed by atoms with E-state index in [0.717, 1.165) is 16.7 Å². The number of ether oxygens (including phenoxy) is 2. The first-order valence-electron chi connectivity index (χ1n) is 9.90. The zero-order valence-corrected chi connectivity index (χ0v) is 17.4. The van der Waals surface area contributed by atoms with Gasteiger partial charge in [0.05, 0.1) is 22.9 Å². The number of esters is 2. The average Bonchev–Trinajstić information content (AvgIpc) is 3.01. The number of aryl methyl sites for hydroxylation is 2. The summed E-state index contributed by atoms with van der Waals surface area (Å²) in [4.78, 5) is 30.0. The summed E-state index contributed by atoms with van der Waals surface area (Å²) in [5.41, 5.74) is 3.57. The van der Waals surface area contributed by atoms with E-state index in [0.29, 0.717) is 22.4 Å². The first-order chi connectivity index (χ1) is 14.3. The third kappa shape index (κ3) is 3.26. The molecule has 0 aliphatic carbocycles. The van der Waals surface area contributed by atoms with Gasteiger partial charge in [-0.1, -0.05) is 35.9 Å². The Labute approximate surface area is 175 Å². The van der Waals surface area contributed by atoms with Crippen LogP contribution in [0.3, 0.4) is 0 Å². The molecule has 0 saturated carbocycles. The van der Waals surface area contributed by atoms with Crippen LogP contribution in [0.5, 0.6) is 0 Å². The van der Waals surface area contributed by atoms with Gasteiger partial charge in [0, 0.05) is 17.3 Å². The van der Waals surface area contributed by atoms with Crippen molar-refractivity contribution in [2.45, 2.75) is 39.4 Å². The van der Waals surface area contributed by atoms with Crippen molar-refractivity contribution in [1.29, 1.82) is 0 Å². The Hall–Kier alpha value is -3.47. The van der Waals surface area contributed by atoms with E-state index >= 15 is 0 Å². The molecule has 1 atom stereocenters. The van der Waals surface area contributed by atoms with Crippen molar-refractivity contribution in [3.05, 3.63) is 99.9 Å². The quantitative estimate of drug-likeness (QED) is 0.592. The first-order valence-corrected chi connectivity index (χ1v) is 9.90. The van der Waals surface area contributed by atoms with Crippen LogP contribution in [0.4, 0.5) is 0 Å². The van der Waals surface area contributed by atoms with Crippen LogP contribution >= 0.6 is 0 Å². The summed E-state index contributed by atoms with van der Waals surface area (Å²) in [5.74, 6) is -0.890. The topological polar surface area (TPSA) is 65.5 Å². The van der Waals surface area contributed by atoms with Crippen molar-refractivity contribution in [3.63, 3.8) is 0 Å². The number of cyclic esters (lactones) is 1. The van der Waals surface area contributed by atoms with E-state index in [-0.39, 0.29) is 6.10 Å². The number of pyridine rings is 1. The SMILES string of the molecule is Cc1ccc(C2(c3ccc(C)cn3)OC(=O)c3ccc(C(=O)OC(C)C)cc32)cc1. The van der Waals surface area contributed by atoms with Gasteiger partial charge in [-0.2, -0.15) is 0 Å². The molecule has 0 spiro atoms. The normalized spacial score (nSPS) is 17.6. The van der Waals surface area contributed by atoms with Gasteiger partial charge in [0.1, 0.15) is 0 Å². The smallest absolute Gasteiger partial charge is 0.340 e. The third-order valence-electron chi connectivity index (χ3n) is 5.17. The minimum absolute atomic E-state index is 0.246. The molecule has 0 bridgehead atoms. The summed E-state index contributed by atoms with van der Waals surface area (Å²) >= 11 is 0. The van der Waals surface area contributed by atoms with Gasteiger partial charge in [0.2, 0.25) is 5.60 Å². The lowest BCUT2D eigenvalue weighted by molar-refractivity contribution is 0.0239. The molecule has 30 heavy (non-hydrogen) atoms. The van der Waals surface area contributed by atoms with Gasteiger partial charge in [-0.15, -0.1) is 0 Å². The van der Waals surface area contributed by atoms with Crippen LogP contribution in [0.15, 0.2) is 60.8 Å². The summed E-state index contributed by atoms with van der Waals surface area (Å²) in [7, 11) is 0. The number of carbonyl (C=O) groups excluding carboxylic acids is 2. The number of aromatic nitrogens is 1. The van der Waals surface area contributed by atoms with Gasteiger partial charge in [-0.25, -0.2) is 9.59 Å². The molecule has 1 unspecified atom stereocenters. The molecule has 5 heteroatoms. The predicted octanol–water partition coefficient (Wildman–Crippen LogP) is 4.73. The summed E-state index contributed by atoms with van der Waals surface area (Å²) in [5, 5.41) is 0. The van der Waals surface area contributed by atoms with E-state index in [4.69, 9.17) is 9.47 Å². The van der Waals surface area contributed by atoms with Gasteiger partial charge in [-0.05, 0) is 57.5 Å². The van der Waals surface area contributed by atoms with Crippen LogP contribution in [0.2, 0.25) is 0 Å². The predicted molar refractivity (Wildman–Crippen MR) is 112 cm³/mol. The lowest BCUT2D eigenvalue weighted by Crippen LogP contribution is -2.31. The van der Waals surface area contributed by atoms with Gasteiger partial charge in [-0.3, -0.25) is 4.98 Å². The van der Waals surface area contributed by atoms with Crippen LogP contribution in [0.25, 0.3) is 0 Å². The molecule has 0 N–H and O–H groups in total. The number of rotatable bonds is 4. The van der Waals surface area contributed by atoms with E-state index < -0.39 is 17.5 Å². The highest BCUT2D eigenvalue weighted by atomic mass is 16.6. The highest BCUT2D eigenvalue weighted by Gasteiger charge is 2.50. The Bertz CT molecular complexity index is 1070. The van der Waals surface area contributed by atoms with Crippen LogP contribution < -0.4 is 0 Å². The van der Waals surface area contributed by atoms with Crippen LogP contribution in [0.1, 0.15) is 62.5 Å². The second-order valence-electron chi connectivity index (χ2n) is 7.87. The molecule has 0 radical (unpaired) electrons. The number of nitrogens with zero attached hydrogens (tertiary/aromatic N) is 1. The molecule has 1 aliphatic heterocycles. The van der Waals surface area contributed by atoms with Gasteiger partial charge < -0.3 is 9.47 Å². The molecule has 1 aliphatic rings. The Balaban J connectivity index is 1.96. The van der Waals surface area contributed by atoms with E-state index in [9.17, 15) is 9.59 Å². The monoisotopic (exact) mass is 401 g/mol. The standard InChI is InChI=1S/C25H23NO4/c1-15(2)29-23(27)18-8-11-20-21(13-18)25(30-24(20)28,19-9-5-16(3)6-10-19)22-12-7-17(4)14-26-22/h5-15H,1-4H3. The van der Waals surface area contributed by atoms with Crippen molar-refractivity contribution in [2.24, 2.45) is 0 Å². The fourth-order valence-electron chi connectivity index (χ4n) is 3.69. The average molecular weight is 401 g/mol. The molecule has 4 rings (SSSR count). The zero-order valence-electron chi connectivity index (χ0n) is 17.4. The maximum atomic E-state index is 12.9. The van der Waals surface area contributed by atoms with Crippen molar-refractivity contribution >= 4 is 11.9 Å². The molecule has 5 nitrogen and oxygen atoms in total. The minimum Gasteiger partial charge on any atom is -0.459 e. The second-order valence-corrected chi connectivity index (χ2v) is 7.87. The fraction of sp³-hybridized carbons (Fsp3) is 0.240. The van der Waals surface area contributed by atoms with Gasteiger partial charge in [0.25, 0.3) is 0 Å². The molecule has 1 aromatic heterocycles. The minimum atomic E-state index is -1.23. The number of benzene rings is 2. The highest BCUT2D eigenvalue weighted by molar-refractivity contribution is 5.98. The maximum absolute atomic E-state index is 12.9. The lowest BCUT2D eigenvalue weighted by Gasteiger charge is -2.29. The van der Waals surface area contributed by atoms with Gasteiger partial charge >= 0.3 is 11.9 Å². The molecular formula is C25H23NO4. The molecule has 2 aromatic carbocycles. The molecule has 0 amide bonds. The van der Waals surface area contributed by atoms with Crippen LogP contribution in [0, 0.1) is 13.8 Å². The van der Waals surface area contributed by atoms with Crippen molar-refractivity contribution in [3.8, 4) is 0 Å². The number of fused-ring (bicyclic) bond motifs is 1. The molecule has 0 fully saturated rings. The number of hydrogen-bond acceptors (Lipinski definition) is 5. The molecule has 3 aromatic rings. The molecular weight excluding hydrogens is 378 g/mol. The largest absolute Gasteiger partial charge is 0.459 e. The zero-order chi connectivity index (χ0) is 21.5. The second kappa shape index (κ2) is 7.41. The Morgan fingerprint density at radius 3 is 2.33 bits per heavy atom. The van der Waals surface area contributed by atoms with Crippen molar-refractivity contribution in [1.82, 2.24) is 4.98 Å². The summed E-state index contributed by atoms with van der Waals surface area (Å²) in [6.45, 7) is 7.54. The Kier molecular flexibility index (Phi) is 4.90. The molecule has 0 saturated heterocycles. The molecule has 152 valence electrons. The highest BCUT2D eigenvalue weighted by Crippen LogP contribution is 2.46. The van der Waals surface area contributed by atoms with E-state index in [1.807, 2.05) is 50.2 Å². The third-order valence-corrected chi connectivity index (χ3v) is 5.17.